The van der Waals surface area contributed by atoms with Crippen molar-refractivity contribution >= 4 is 5.78 Å². The summed E-state index contributed by atoms with van der Waals surface area (Å²) in [5.41, 5.74) is 0.470. The summed E-state index contributed by atoms with van der Waals surface area (Å²) in [5.74, 6) is 1.45. The van der Waals surface area contributed by atoms with Gasteiger partial charge >= 0.3 is 0 Å². The zero-order valence-corrected chi connectivity index (χ0v) is 10.5. The monoisotopic (exact) mass is 245 g/mol. The molecule has 0 saturated carbocycles. The highest BCUT2D eigenvalue weighted by Crippen LogP contribution is 2.16. The smallest absolute Gasteiger partial charge is 0.229 e. The van der Waals surface area contributed by atoms with Gasteiger partial charge in [0.25, 0.3) is 0 Å². The quantitative estimate of drug-likeness (QED) is 0.760. The number of rotatable bonds is 5. The molecule has 0 aliphatic heterocycles. The van der Waals surface area contributed by atoms with E-state index in [4.69, 9.17) is 9.15 Å². The first-order valence-electron chi connectivity index (χ1n) is 5.89. The van der Waals surface area contributed by atoms with Crippen molar-refractivity contribution in [3.8, 4) is 5.75 Å². The summed E-state index contributed by atoms with van der Waals surface area (Å²) >= 11 is 0. The number of pyridine rings is 1. The van der Waals surface area contributed by atoms with Crippen molar-refractivity contribution in [3.05, 3.63) is 47.7 Å². The van der Waals surface area contributed by atoms with Gasteiger partial charge in [0, 0.05) is 11.8 Å². The molecule has 0 aliphatic rings. The number of ketones is 1. The first-order chi connectivity index (χ1) is 8.70. The summed E-state index contributed by atoms with van der Waals surface area (Å²) in [6.07, 6.45) is 4.02. The van der Waals surface area contributed by atoms with E-state index in [9.17, 15) is 4.79 Å². The van der Waals surface area contributed by atoms with Gasteiger partial charge in [0.05, 0.1) is 12.8 Å². The summed E-state index contributed by atoms with van der Waals surface area (Å²) in [7, 11) is 0. The van der Waals surface area contributed by atoms with Gasteiger partial charge in [0.2, 0.25) is 5.78 Å². The molecule has 2 aromatic rings. The van der Waals surface area contributed by atoms with Crippen LogP contribution < -0.4 is 4.74 Å². The minimum atomic E-state index is -0.183. The molecule has 0 aromatic carbocycles. The molecule has 0 amide bonds. The van der Waals surface area contributed by atoms with Crippen LogP contribution in [0, 0.1) is 6.92 Å². The Labute approximate surface area is 106 Å². The first-order valence-corrected chi connectivity index (χ1v) is 5.89. The van der Waals surface area contributed by atoms with Crippen LogP contribution in [0.4, 0.5) is 0 Å². The molecule has 0 bridgehead atoms. The predicted octanol–water partition coefficient (Wildman–Crippen LogP) is 3.00. The molecule has 0 unspecified atom stereocenters. The predicted molar refractivity (Wildman–Crippen MR) is 66.9 cm³/mol. The molecule has 0 atom stereocenters. The Bertz CT molecular complexity index is 545. The number of aromatic nitrogens is 1. The second-order valence-corrected chi connectivity index (χ2v) is 4.00. The molecule has 4 heteroatoms. The molecule has 0 saturated heterocycles. The van der Waals surface area contributed by atoms with Crippen LogP contribution in [-0.4, -0.2) is 17.4 Å². The molecular weight excluding hydrogens is 230 g/mol. The maximum Gasteiger partial charge on any atom is 0.229 e. The normalized spacial score (nSPS) is 10.3. The third-order valence-corrected chi connectivity index (χ3v) is 2.41. The third-order valence-electron chi connectivity index (χ3n) is 2.41. The van der Waals surface area contributed by atoms with E-state index < -0.39 is 0 Å². The largest absolute Gasteiger partial charge is 0.492 e. The summed E-state index contributed by atoms with van der Waals surface area (Å²) < 4.78 is 10.7. The molecule has 4 nitrogen and oxygen atoms in total. The topological polar surface area (TPSA) is 52.3 Å². The van der Waals surface area contributed by atoms with Gasteiger partial charge < -0.3 is 9.15 Å². The third kappa shape index (κ3) is 2.77. The average molecular weight is 245 g/mol. The average Bonchev–Trinajstić information content (AvgIpc) is 2.82. The van der Waals surface area contributed by atoms with Crippen LogP contribution in [-0.2, 0) is 0 Å². The first kappa shape index (κ1) is 12.4. The van der Waals surface area contributed by atoms with Crippen molar-refractivity contribution in [1.82, 2.24) is 4.98 Å². The van der Waals surface area contributed by atoms with E-state index in [1.807, 2.05) is 6.92 Å². The Balaban J connectivity index is 2.20. The standard InChI is InChI=1S/C14H15NO3/c1-3-6-17-12-7-11(8-15-9-12)14(16)13-5-4-10(2)18-13/h4-5,7-9H,3,6H2,1-2H3. The van der Waals surface area contributed by atoms with Crippen molar-refractivity contribution in [3.63, 3.8) is 0 Å². The maximum atomic E-state index is 12.1. The summed E-state index contributed by atoms with van der Waals surface area (Å²) in [5, 5.41) is 0. The van der Waals surface area contributed by atoms with Crippen molar-refractivity contribution in [2.75, 3.05) is 6.61 Å². The van der Waals surface area contributed by atoms with Crippen LogP contribution in [0.1, 0.15) is 35.2 Å². The number of hydrogen-bond donors (Lipinski definition) is 0. The van der Waals surface area contributed by atoms with Crippen LogP contribution in [0.25, 0.3) is 0 Å². The van der Waals surface area contributed by atoms with Gasteiger partial charge in [-0.25, -0.2) is 0 Å². The molecule has 0 aliphatic carbocycles. The fourth-order valence-corrected chi connectivity index (χ4v) is 1.54. The van der Waals surface area contributed by atoms with Crippen molar-refractivity contribution in [2.24, 2.45) is 0 Å². The number of hydrogen-bond acceptors (Lipinski definition) is 4. The van der Waals surface area contributed by atoms with Crippen LogP contribution >= 0.6 is 0 Å². The molecular formula is C14H15NO3. The minimum Gasteiger partial charge on any atom is -0.492 e. The van der Waals surface area contributed by atoms with Gasteiger partial charge in [-0.2, -0.15) is 0 Å². The molecule has 0 fully saturated rings. The fourth-order valence-electron chi connectivity index (χ4n) is 1.54. The van der Waals surface area contributed by atoms with E-state index in [-0.39, 0.29) is 5.78 Å². The van der Waals surface area contributed by atoms with Gasteiger partial charge in [0.15, 0.2) is 5.76 Å². The number of carbonyl (C=O) groups excluding carboxylic acids is 1. The van der Waals surface area contributed by atoms with Crippen LogP contribution in [0.15, 0.2) is 35.0 Å². The van der Waals surface area contributed by atoms with E-state index in [0.717, 1.165) is 6.42 Å². The van der Waals surface area contributed by atoms with Crippen LogP contribution in [0.3, 0.4) is 0 Å². The lowest BCUT2D eigenvalue weighted by Gasteiger charge is -2.04. The molecule has 2 heterocycles. The number of aryl methyl sites for hydroxylation is 1. The van der Waals surface area contributed by atoms with Gasteiger partial charge in [-0.15, -0.1) is 0 Å². The van der Waals surface area contributed by atoms with E-state index in [1.165, 1.54) is 6.20 Å². The fraction of sp³-hybridized carbons (Fsp3) is 0.286. The zero-order chi connectivity index (χ0) is 13.0. The Kier molecular flexibility index (Phi) is 3.77. The number of nitrogens with zero attached hydrogens (tertiary/aromatic N) is 1. The lowest BCUT2D eigenvalue weighted by atomic mass is 10.1. The Morgan fingerprint density at radius 3 is 2.89 bits per heavy atom. The second kappa shape index (κ2) is 5.49. The van der Waals surface area contributed by atoms with E-state index >= 15 is 0 Å². The maximum absolute atomic E-state index is 12.1. The Hall–Kier alpha value is -2.10. The number of ether oxygens (including phenoxy) is 1. The van der Waals surface area contributed by atoms with E-state index in [2.05, 4.69) is 4.98 Å². The highest BCUT2D eigenvalue weighted by Gasteiger charge is 2.14. The summed E-state index contributed by atoms with van der Waals surface area (Å²) in [6, 6.07) is 5.11. The molecule has 0 N–H and O–H groups in total. The number of furan rings is 1. The van der Waals surface area contributed by atoms with Crippen molar-refractivity contribution < 1.29 is 13.9 Å². The van der Waals surface area contributed by atoms with E-state index in [1.54, 1.807) is 31.3 Å². The van der Waals surface area contributed by atoms with Crippen molar-refractivity contribution in [2.45, 2.75) is 20.3 Å². The van der Waals surface area contributed by atoms with Gasteiger partial charge in [-0.05, 0) is 31.5 Å². The molecule has 94 valence electrons. The Morgan fingerprint density at radius 1 is 1.39 bits per heavy atom. The van der Waals surface area contributed by atoms with Gasteiger partial charge in [0.1, 0.15) is 11.5 Å². The Morgan fingerprint density at radius 2 is 2.22 bits per heavy atom. The lowest BCUT2D eigenvalue weighted by Crippen LogP contribution is -2.02. The second-order valence-electron chi connectivity index (χ2n) is 4.00. The molecule has 2 aromatic heterocycles. The van der Waals surface area contributed by atoms with Crippen molar-refractivity contribution in [1.29, 1.82) is 0 Å². The van der Waals surface area contributed by atoms with Gasteiger partial charge in [-0.3, -0.25) is 9.78 Å². The van der Waals surface area contributed by atoms with E-state index in [0.29, 0.717) is 29.4 Å². The minimum absolute atomic E-state index is 0.183. The SMILES string of the molecule is CCCOc1cncc(C(=O)c2ccc(C)o2)c1. The highest BCUT2D eigenvalue weighted by atomic mass is 16.5. The zero-order valence-electron chi connectivity index (χ0n) is 10.5. The molecule has 2 rings (SSSR count). The lowest BCUT2D eigenvalue weighted by molar-refractivity contribution is 0.101. The van der Waals surface area contributed by atoms with Gasteiger partial charge in [-0.1, -0.05) is 6.92 Å². The van der Waals surface area contributed by atoms with Crippen LogP contribution in [0.5, 0.6) is 5.75 Å². The summed E-state index contributed by atoms with van der Waals surface area (Å²) in [6.45, 7) is 4.43. The molecule has 0 spiro atoms. The highest BCUT2D eigenvalue weighted by molar-refractivity contribution is 6.07. The van der Waals surface area contributed by atoms with Crippen LogP contribution in [0.2, 0.25) is 0 Å². The summed E-state index contributed by atoms with van der Waals surface area (Å²) in [4.78, 5) is 16.1. The molecule has 18 heavy (non-hydrogen) atoms. The number of carbonyl (C=O) groups is 1. The molecule has 0 radical (unpaired) electrons.